The fourth-order valence-corrected chi connectivity index (χ4v) is 3.59. The van der Waals surface area contributed by atoms with Crippen LogP contribution in [-0.4, -0.2) is 43.1 Å². The number of nitrogens with zero attached hydrogens (tertiary/aromatic N) is 3. The van der Waals surface area contributed by atoms with Crippen LogP contribution in [0.15, 0.2) is 35.4 Å². The Morgan fingerprint density at radius 3 is 2.50 bits per heavy atom. The zero-order chi connectivity index (χ0) is 19.8. The van der Waals surface area contributed by atoms with Crippen LogP contribution in [0.25, 0.3) is 21.9 Å². The molecule has 4 rings (SSSR count). The van der Waals surface area contributed by atoms with Crippen molar-refractivity contribution in [3.8, 4) is 22.6 Å². The summed E-state index contributed by atoms with van der Waals surface area (Å²) in [5.74, 6) is 1.70. The number of hydrogen-bond acceptors (Lipinski definition) is 6. The van der Waals surface area contributed by atoms with E-state index in [1.807, 2.05) is 12.1 Å². The van der Waals surface area contributed by atoms with Crippen molar-refractivity contribution in [3.05, 3.63) is 46.5 Å². The van der Waals surface area contributed by atoms with Crippen LogP contribution in [0.1, 0.15) is 16.8 Å². The Bertz CT molecular complexity index is 1130. The van der Waals surface area contributed by atoms with E-state index in [2.05, 4.69) is 9.88 Å². The first-order valence-electron chi connectivity index (χ1n) is 9.04. The summed E-state index contributed by atoms with van der Waals surface area (Å²) in [7, 11) is 4.72. The van der Waals surface area contributed by atoms with Gasteiger partial charge in [-0.15, -0.1) is 0 Å². The number of aldehydes is 1. The van der Waals surface area contributed by atoms with Gasteiger partial charge in [0.15, 0.2) is 6.29 Å². The number of benzene rings is 1. The monoisotopic (exact) mass is 379 g/mol. The second-order valence-electron chi connectivity index (χ2n) is 6.77. The van der Waals surface area contributed by atoms with E-state index in [0.717, 1.165) is 42.6 Å². The summed E-state index contributed by atoms with van der Waals surface area (Å²) in [6, 6.07) is 5.51. The van der Waals surface area contributed by atoms with Gasteiger partial charge in [-0.05, 0) is 24.6 Å². The van der Waals surface area contributed by atoms with Crippen molar-refractivity contribution in [3.63, 3.8) is 0 Å². The zero-order valence-electron chi connectivity index (χ0n) is 16.1. The summed E-state index contributed by atoms with van der Waals surface area (Å²) >= 11 is 0. The van der Waals surface area contributed by atoms with Crippen molar-refractivity contribution >= 4 is 22.9 Å². The Balaban J connectivity index is 2.04. The number of carbonyl (C=O) groups is 1. The van der Waals surface area contributed by atoms with E-state index < -0.39 is 0 Å². The van der Waals surface area contributed by atoms with E-state index in [0.29, 0.717) is 28.0 Å². The summed E-state index contributed by atoms with van der Waals surface area (Å²) in [6.07, 6.45) is 5.26. The quantitative estimate of drug-likeness (QED) is 0.635. The molecule has 0 N–H and O–H groups in total. The lowest BCUT2D eigenvalue weighted by molar-refractivity contribution is 0.111. The summed E-state index contributed by atoms with van der Waals surface area (Å²) in [5, 5.41) is 1.30. The fourth-order valence-electron chi connectivity index (χ4n) is 3.59. The first-order chi connectivity index (χ1) is 13.6. The number of methoxy groups -OCH3 is 2. The van der Waals surface area contributed by atoms with Crippen molar-refractivity contribution < 1.29 is 14.3 Å². The molecule has 2 aromatic heterocycles. The van der Waals surface area contributed by atoms with Crippen LogP contribution in [0.2, 0.25) is 0 Å². The SMILES string of the molecule is COc1ccc(-c2cn(C)c(=O)c3cnc(N4CCC4)cc23)c(OC)c1C=O. The molecule has 7 nitrogen and oxygen atoms in total. The smallest absolute Gasteiger partial charge is 0.259 e. The maximum Gasteiger partial charge on any atom is 0.259 e. The molecule has 7 heteroatoms. The highest BCUT2D eigenvalue weighted by Crippen LogP contribution is 2.40. The number of anilines is 1. The molecule has 1 aromatic carbocycles. The highest BCUT2D eigenvalue weighted by Gasteiger charge is 2.21. The lowest BCUT2D eigenvalue weighted by Gasteiger charge is -2.32. The third-order valence-electron chi connectivity index (χ3n) is 5.22. The summed E-state index contributed by atoms with van der Waals surface area (Å²) in [5.41, 5.74) is 1.72. The number of pyridine rings is 2. The fraction of sp³-hybridized carbons (Fsp3) is 0.286. The number of ether oxygens (including phenoxy) is 2. The van der Waals surface area contributed by atoms with E-state index in [-0.39, 0.29) is 5.56 Å². The number of fused-ring (bicyclic) bond motifs is 1. The summed E-state index contributed by atoms with van der Waals surface area (Å²) in [4.78, 5) is 31.0. The van der Waals surface area contributed by atoms with E-state index in [1.54, 1.807) is 25.5 Å². The Hall–Kier alpha value is -3.35. The lowest BCUT2D eigenvalue weighted by atomic mass is 9.98. The first-order valence-corrected chi connectivity index (χ1v) is 9.04. The number of hydrogen-bond donors (Lipinski definition) is 0. The van der Waals surface area contributed by atoms with Gasteiger partial charge in [-0.3, -0.25) is 9.59 Å². The highest BCUT2D eigenvalue weighted by atomic mass is 16.5. The predicted octanol–water partition coefficient (Wildman–Crippen LogP) is 2.64. The molecule has 3 aromatic rings. The van der Waals surface area contributed by atoms with Crippen LogP contribution in [0, 0.1) is 0 Å². The van der Waals surface area contributed by atoms with Crippen LogP contribution in [0.3, 0.4) is 0 Å². The Morgan fingerprint density at radius 2 is 1.89 bits per heavy atom. The van der Waals surface area contributed by atoms with Crippen molar-refractivity contribution in [1.82, 2.24) is 9.55 Å². The molecule has 0 radical (unpaired) electrons. The van der Waals surface area contributed by atoms with E-state index in [9.17, 15) is 9.59 Å². The third kappa shape index (κ3) is 2.70. The largest absolute Gasteiger partial charge is 0.496 e. The predicted molar refractivity (Wildman–Crippen MR) is 108 cm³/mol. The van der Waals surface area contributed by atoms with Crippen molar-refractivity contribution in [2.75, 3.05) is 32.2 Å². The van der Waals surface area contributed by atoms with Gasteiger partial charge in [-0.1, -0.05) is 0 Å². The number of aromatic nitrogens is 2. The molecule has 28 heavy (non-hydrogen) atoms. The molecule has 0 bridgehead atoms. The molecular formula is C21H21N3O4. The maximum atomic E-state index is 12.7. The van der Waals surface area contributed by atoms with Gasteiger partial charge in [0.2, 0.25) is 0 Å². The van der Waals surface area contributed by atoms with Gasteiger partial charge >= 0.3 is 0 Å². The lowest BCUT2D eigenvalue weighted by Crippen LogP contribution is -2.37. The molecule has 1 fully saturated rings. The number of aryl methyl sites for hydroxylation is 1. The van der Waals surface area contributed by atoms with Crippen LogP contribution in [0.4, 0.5) is 5.82 Å². The van der Waals surface area contributed by atoms with Gasteiger partial charge in [0.25, 0.3) is 5.56 Å². The second-order valence-corrected chi connectivity index (χ2v) is 6.77. The van der Waals surface area contributed by atoms with Crippen LogP contribution < -0.4 is 19.9 Å². The average Bonchev–Trinajstić information content (AvgIpc) is 2.68. The summed E-state index contributed by atoms with van der Waals surface area (Å²) in [6.45, 7) is 1.92. The second kappa shape index (κ2) is 6.99. The molecular weight excluding hydrogens is 358 g/mol. The molecule has 0 amide bonds. The van der Waals surface area contributed by atoms with Crippen molar-refractivity contribution in [1.29, 1.82) is 0 Å². The zero-order valence-corrected chi connectivity index (χ0v) is 16.1. The molecule has 0 spiro atoms. The number of rotatable bonds is 5. The topological polar surface area (TPSA) is 73.7 Å². The minimum Gasteiger partial charge on any atom is -0.496 e. The molecule has 1 saturated heterocycles. The minimum absolute atomic E-state index is 0.121. The molecule has 0 saturated carbocycles. The Labute approximate surface area is 162 Å². The molecule has 1 aliphatic heterocycles. The van der Waals surface area contributed by atoms with Gasteiger partial charge in [0.05, 0.1) is 25.2 Å². The Kier molecular flexibility index (Phi) is 4.50. The third-order valence-corrected chi connectivity index (χ3v) is 5.22. The average molecular weight is 379 g/mol. The first kappa shape index (κ1) is 18.0. The maximum absolute atomic E-state index is 12.7. The van der Waals surface area contributed by atoms with Gasteiger partial charge in [0, 0.05) is 49.0 Å². The van der Waals surface area contributed by atoms with E-state index in [1.165, 1.54) is 18.8 Å². The normalized spacial score (nSPS) is 13.3. The number of carbonyl (C=O) groups excluding carboxylic acids is 1. The van der Waals surface area contributed by atoms with E-state index >= 15 is 0 Å². The molecule has 3 heterocycles. The van der Waals surface area contributed by atoms with Crippen LogP contribution >= 0.6 is 0 Å². The molecule has 0 unspecified atom stereocenters. The van der Waals surface area contributed by atoms with Crippen molar-refractivity contribution in [2.24, 2.45) is 7.05 Å². The molecule has 1 aliphatic rings. The Morgan fingerprint density at radius 1 is 1.11 bits per heavy atom. The van der Waals surface area contributed by atoms with Gasteiger partial charge in [0.1, 0.15) is 17.3 Å². The molecule has 144 valence electrons. The van der Waals surface area contributed by atoms with E-state index in [4.69, 9.17) is 9.47 Å². The minimum atomic E-state index is -0.121. The van der Waals surface area contributed by atoms with Crippen molar-refractivity contribution in [2.45, 2.75) is 6.42 Å². The van der Waals surface area contributed by atoms with Crippen LogP contribution in [0.5, 0.6) is 11.5 Å². The molecule has 0 atom stereocenters. The van der Waals surface area contributed by atoms with Gasteiger partial charge in [-0.2, -0.15) is 0 Å². The van der Waals surface area contributed by atoms with Gasteiger partial charge in [-0.25, -0.2) is 4.98 Å². The van der Waals surface area contributed by atoms with Crippen LogP contribution in [-0.2, 0) is 7.05 Å². The van der Waals surface area contributed by atoms with Gasteiger partial charge < -0.3 is 18.9 Å². The summed E-state index contributed by atoms with van der Waals surface area (Å²) < 4.78 is 12.4. The molecule has 0 aliphatic carbocycles. The standard InChI is InChI=1S/C21H21N3O4/c1-23-11-16(13-5-6-18(27-2)17(12-25)20(13)28-3)14-9-19(24-7-4-8-24)22-10-15(14)21(23)26/h5-6,9-12H,4,7-8H2,1-3H3. The highest BCUT2D eigenvalue weighted by molar-refractivity contribution is 6.00.